The zero-order valence-electron chi connectivity index (χ0n) is 19.1. The first-order chi connectivity index (χ1) is 16.4. The lowest BCUT2D eigenvalue weighted by atomic mass is 10.1. The quantitative estimate of drug-likeness (QED) is 0.304. The van der Waals surface area contributed by atoms with E-state index in [4.69, 9.17) is 14.2 Å². The molecule has 0 fully saturated rings. The smallest absolute Gasteiger partial charge is 0.348 e. The summed E-state index contributed by atoms with van der Waals surface area (Å²) in [4.78, 5) is 29.8. The molecule has 0 amide bonds. The second-order valence-corrected chi connectivity index (χ2v) is 8.66. The zero-order valence-corrected chi connectivity index (χ0v) is 20.8. The Balaban J connectivity index is 1.93. The van der Waals surface area contributed by atoms with Gasteiger partial charge in [0.05, 0.1) is 31.6 Å². The van der Waals surface area contributed by atoms with Crippen molar-refractivity contribution in [3.63, 3.8) is 0 Å². The molecule has 0 saturated heterocycles. The average molecular weight is 498 g/mol. The van der Waals surface area contributed by atoms with Crippen LogP contribution in [-0.2, 0) is 9.47 Å². The summed E-state index contributed by atoms with van der Waals surface area (Å²) < 4.78 is 15.5. The minimum Gasteiger partial charge on any atom is -0.497 e. The molecule has 0 bridgehead atoms. The minimum atomic E-state index is -0.559. The fourth-order valence-electron chi connectivity index (χ4n) is 3.05. The Bertz CT molecular complexity index is 1270. The van der Waals surface area contributed by atoms with E-state index in [1.807, 2.05) is 29.6 Å². The van der Waals surface area contributed by atoms with Crippen molar-refractivity contribution in [3.05, 3.63) is 56.9 Å². The van der Waals surface area contributed by atoms with Crippen LogP contribution in [0, 0.1) is 18.3 Å². The third-order valence-electron chi connectivity index (χ3n) is 4.66. The lowest BCUT2D eigenvalue weighted by Crippen LogP contribution is -2.09. The average Bonchev–Trinajstić information content (AvgIpc) is 3.45. The first kappa shape index (κ1) is 25.0. The number of hydrogen-bond acceptors (Lipinski definition) is 10. The number of methoxy groups -OCH3 is 1. The molecule has 1 aromatic carbocycles. The van der Waals surface area contributed by atoms with Crippen molar-refractivity contribution >= 4 is 45.2 Å². The van der Waals surface area contributed by atoms with Crippen molar-refractivity contribution in [1.29, 1.82) is 5.26 Å². The molecule has 0 aliphatic heterocycles. The van der Waals surface area contributed by atoms with Gasteiger partial charge in [-0.3, -0.25) is 0 Å². The lowest BCUT2D eigenvalue weighted by molar-refractivity contribution is 0.0527. The van der Waals surface area contributed by atoms with E-state index in [9.17, 15) is 14.9 Å². The van der Waals surface area contributed by atoms with Gasteiger partial charge in [0.25, 0.3) is 0 Å². The molecule has 176 valence electrons. The highest BCUT2D eigenvalue weighted by atomic mass is 32.1. The molecular weight excluding hydrogens is 474 g/mol. The zero-order chi connectivity index (χ0) is 24.7. The molecule has 8 nitrogen and oxygen atoms in total. The number of hydrogen-bond donors (Lipinski definition) is 1. The second kappa shape index (κ2) is 11.4. The maximum absolute atomic E-state index is 12.6. The summed E-state index contributed by atoms with van der Waals surface area (Å²) in [5.74, 6) is -0.367. The van der Waals surface area contributed by atoms with Crippen molar-refractivity contribution in [2.75, 3.05) is 25.6 Å². The van der Waals surface area contributed by atoms with E-state index < -0.39 is 11.9 Å². The fourth-order valence-corrected chi connectivity index (χ4v) is 4.90. The molecule has 10 heteroatoms. The van der Waals surface area contributed by atoms with E-state index in [1.54, 1.807) is 27.9 Å². The van der Waals surface area contributed by atoms with E-state index in [1.165, 1.54) is 17.5 Å². The van der Waals surface area contributed by atoms with E-state index in [0.29, 0.717) is 31.9 Å². The Morgan fingerprint density at radius 1 is 1.21 bits per heavy atom. The molecule has 1 N–H and O–H groups in total. The minimum absolute atomic E-state index is 0.188. The number of esters is 2. The Hall–Kier alpha value is -3.68. The van der Waals surface area contributed by atoms with Gasteiger partial charge in [0.1, 0.15) is 32.3 Å². The van der Waals surface area contributed by atoms with Crippen molar-refractivity contribution in [1.82, 2.24) is 4.98 Å². The van der Waals surface area contributed by atoms with Crippen LogP contribution in [0.25, 0.3) is 16.8 Å². The van der Waals surface area contributed by atoms with E-state index in [-0.39, 0.29) is 24.4 Å². The number of thiazole rings is 1. The summed E-state index contributed by atoms with van der Waals surface area (Å²) in [5, 5.41) is 15.5. The third-order valence-corrected chi connectivity index (χ3v) is 6.73. The third kappa shape index (κ3) is 5.44. The maximum Gasteiger partial charge on any atom is 0.348 e. The van der Waals surface area contributed by atoms with Gasteiger partial charge in [-0.15, -0.1) is 22.7 Å². The summed E-state index contributed by atoms with van der Waals surface area (Å²) in [5.41, 5.74) is 2.55. The van der Waals surface area contributed by atoms with Gasteiger partial charge >= 0.3 is 11.9 Å². The van der Waals surface area contributed by atoms with Crippen LogP contribution in [-0.4, -0.2) is 37.2 Å². The number of carbonyl (C=O) groups is 2. The number of anilines is 1. The topological polar surface area (TPSA) is 111 Å². The molecule has 0 saturated carbocycles. The first-order valence-electron chi connectivity index (χ1n) is 10.4. The Morgan fingerprint density at radius 3 is 2.62 bits per heavy atom. The number of rotatable bonds is 9. The van der Waals surface area contributed by atoms with Gasteiger partial charge in [-0.1, -0.05) is 12.1 Å². The van der Waals surface area contributed by atoms with Crippen molar-refractivity contribution in [2.45, 2.75) is 20.8 Å². The number of nitrogens with zero attached hydrogens (tertiary/aromatic N) is 2. The number of nitriles is 1. The van der Waals surface area contributed by atoms with Crippen molar-refractivity contribution in [2.24, 2.45) is 0 Å². The number of allylic oxidation sites excluding steroid dienone is 1. The number of carbonyl (C=O) groups excluding carboxylic acids is 2. The molecule has 0 spiro atoms. The van der Waals surface area contributed by atoms with Gasteiger partial charge in [-0.05, 0) is 38.5 Å². The predicted octanol–water partition coefficient (Wildman–Crippen LogP) is 5.52. The molecule has 3 aromatic rings. The standard InChI is InChI=1S/C24H23N3O5S2/c1-5-31-23(28)19-14(3)20(24(29)32-6-2)34-22(19)26-12-16(11-25)21-27-18(13-33-21)15-8-7-9-17(10-15)30-4/h7-10,12-13,26H,5-6H2,1-4H3/b16-12-. The van der Waals surface area contributed by atoms with Gasteiger partial charge in [-0.2, -0.15) is 5.26 Å². The van der Waals surface area contributed by atoms with Crippen LogP contribution >= 0.6 is 22.7 Å². The molecule has 34 heavy (non-hydrogen) atoms. The van der Waals surface area contributed by atoms with Gasteiger partial charge in [0.15, 0.2) is 0 Å². The Morgan fingerprint density at radius 2 is 1.94 bits per heavy atom. The summed E-state index contributed by atoms with van der Waals surface area (Å²) >= 11 is 2.39. The van der Waals surface area contributed by atoms with Crippen LogP contribution in [0.15, 0.2) is 35.8 Å². The van der Waals surface area contributed by atoms with Gasteiger partial charge < -0.3 is 19.5 Å². The van der Waals surface area contributed by atoms with Crippen LogP contribution in [0.4, 0.5) is 5.00 Å². The molecule has 2 aromatic heterocycles. The number of benzene rings is 1. The monoisotopic (exact) mass is 497 g/mol. The number of nitrogens with one attached hydrogen (secondary N) is 1. The number of thiophene rings is 1. The highest BCUT2D eigenvalue weighted by Crippen LogP contribution is 2.35. The molecule has 0 unspecified atom stereocenters. The van der Waals surface area contributed by atoms with E-state index >= 15 is 0 Å². The lowest BCUT2D eigenvalue weighted by Gasteiger charge is -2.05. The Labute approximate surface area is 205 Å². The van der Waals surface area contributed by atoms with Crippen LogP contribution < -0.4 is 10.1 Å². The summed E-state index contributed by atoms with van der Waals surface area (Å²) in [7, 11) is 1.60. The van der Waals surface area contributed by atoms with Gasteiger partial charge in [0.2, 0.25) is 0 Å². The van der Waals surface area contributed by atoms with Crippen LogP contribution in [0.1, 0.15) is 44.4 Å². The SMILES string of the molecule is CCOC(=O)c1sc(N/C=C(/C#N)c2nc(-c3cccc(OC)c3)cs2)c(C(=O)OCC)c1C. The first-order valence-corrected chi connectivity index (χ1v) is 12.1. The summed E-state index contributed by atoms with van der Waals surface area (Å²) in [6.45, 7) is 5.48. The van der Waals surface area contributed by atoms with E-state index in [0.717, 1.165) is 16.9 Å². The maximum atomic E-state index is 12.6. The predicted molar refractivity (Wildman–Crippen MR) is 132 cm³/mol. The summed E-state index contributed by atoms with van der Waals surface area (Å²) in [6, 6.07) is 9.62. The highest BCUT2D eigenvalue weighted by Gasteiger charge is 2.26. The molecule has 0 aliphatic carbocycles. The van der Waals surface area contributed by atoms with E-state index in [2.05, 4.69) is 16.4 Å². The van der Waals surface area contributed by atoms with Gasteiger partial charge in [-0.25, -0.2) is 14.6 Å². The molecule has 0 aliphatic rings. The second-order valence-electron chi connectivity index (χ2n) is 6.79. The molecule has 0 atom stereocenters. The number of aromatic nitrogens is 1. The van der Waals surface area contributed by atoms with Crippen LogP contribution in [0.2, 0.25) is 0 Å². The fraction of sp³-hybridized carbons (Fsp3) is 0.250. The number of ether oxygens (including phenoxy) is 3. The van der Waals surface area contributed by atoms with Crippen molar-refractivity contribution in [3.8, 4) is 23.1 Å². The molecule has 0 radical (unpaired) electrons. The highest BCUT2D eigenvalue weighted by molar-refractivity contribution is 7.18. The van der Waals surface area contributed by atoms with Crippen molar-refractivity contribution < 1.29 is 23.8 Å². The Kier molecular flexibility index (Phi) is 8.40. The summed E-state index contributed by atoms with van der Waals surface area (Å²) in [6.07, 6.45) is 1.47. The molecular formula is C24H23N3O5S2. The van der Waals surface area contributed by atoms with Gasteiger partial charge in [0, 0.05) is 17.1 Å². The molecule has 3 rings (SSSR count). The largest absolute Gasteiger partial charge is 0.497 e. The molecule has 2 heterocycles. The van der Waals surface area contributed by atoms with Crippen LogP contribution in [0.3, 0.4) is 0 Å². The normalized spacial score (nSPS) is 11.0. The van der Waals surface area contributed by atoms with Crippen LogP contribution in [0.5, 0.6) is 5.75 Å².